The fourth-order valence-corrected chi connectivity index (χ4v) is 3.22. The van der Waals surface area contributed by atoms with Crippen LogP contribution < -0.4 is 0 Å². The number of nitro benzene ring substituents is 1. The zero-order valence-electron chi connectivity index (χ0n) is 17.1. The van der Waals surface area contributed by atoms with Gasteiger partial charge in [0, 0.05) is 30.8 Å². The minimum Gasteiger partial charge on any atom is -0.465 e. The number of ether oxygens (including phenoxy) is 1. The van der Waals surface area contributed by atoms with E-state index in [4.69, 9.17) is 0 Å². The SMILES string of the molecule is COC(=O)c1cc(C(=O)N(CCc2ccccc2)Cc2ccccc2)cc([N+](=O)[O-])c1. The zero-order valence-corrected chi connectivity index (χ0v) is 17.1. The second-order valence-electron chi connectivity index (χ2n) is 6.97. The second kappa shape index (κ2) is 10.2. The Morgan fingerprint density at radius 3 is 2.06 bits per heavy atom. The van der Waals surface area contributed by atoms with Crippen molar-refractivity contribution in [1.82, 2.24) is 4.90 Å². The van der Waals surface area contributed by atoms with Gasteiger partial charge < -0.3 is 9.64 Å². The predicted molar refractivity (Wildman–Crippen MR) is 116 cm³/mol. The summed E-state index contributed by atoms with van der Waals surface area (Å²) < 4.78 is 4.68. The highest BCUT2D eigenvalue weighted by Crippen LogP contribution is 2.21. The van der Waals surface area contributed by atoms with E-state index in [1.165, 1.54) is 19.2 Å². The molecule has 3 rings (SSSR count). The van der Waals surface area contributed by atoms with Crippen LogP contribution in [0.3, 0.4) is 0 Å². The lowest BCUT2D eigenvalue weighted by molar-refractivity contribution is -0.384. The third-order valence-corrected chi connectivity index (χ3v) is 4.81. The van der Waals surface area contributed by atoms with Gasteiger partial charge in [0.25, 0.3) is 11.6 Å². The first-order valence-corrected chi connectivity index (χ1v) is 9.73. The number of hydrogen-bond donors (Lipinski definition) is 0. The van der Waals surface area contributed by atoms with Crippen molar-refractivity contribution in [1.29, 1.82) is 0 Å². The summed E-state index contributed by atoms with van der Waals surface area (Å²) in [6.45, 7) is 0.747. The Balaban J connectivity index is 1.93. The van der Waals surface area contributed by atoms with Gasteiger partial charge in [0.2, 0.25) is 0 Å². The molecule has 0 N–H and O–H groups in total. The lowest BCUT2D eigenvalue weighted by Gasteiger charge is -2.23. The normalized spacial score (nSPS) is 10.4. The van der Waals surface area contributed by atoms with Crippen molar-refractivity contribution >= 4 is 17.6 Å². The first-order chi connectivity index (χ1) is 15.0. The van der Waals surface area contributed by atoms with E-state index in [0.717, 1.165) is 17.2 Å². The van der Waals surface area contributed by atoms with Crippen LogP contribution in [-0.2, 0) is 17.7 Å². The molecule has 31 heavy (non-hydrogen) atoms. The highest BCUT2D eigenvalue weighted by Gasteiger charge is 2.22. The smallest absolute Gasteiger partial charge is 0.338 e. The summed E-state index contributed by atoms with van der Waals surface area (Å²) in [7, 11) is 1.18. The Labute approximate surface area is 180 Å². The van der Waals surface area contributed by atoms with Crippen LogP contribution in [0.5, 0.6) is 0 Å². The molecule has 0 saturated carbocycles. The van der Waals surface area contributed by atoms with Gasteiger partial charge in [-0.25, -0.2) is 4.79 Å². The summed E-state index contributed by atoms with van der Waals surface area (Å²) in [5.74, 6) is -1.13. The summed E-state index contributed by atoms with van der Waals surface area (Å²) in [5, 5.41) is 11.3. The molecule has 0 unspecified atom stereocenters. The molecule has 3 aromatic carbocycles. The Morgan fingerprint density at radius 1 is 0.903 bits per heavy atom. The van der Waals surface area contributed by atoms with Gasteiger partial charge in [-0.15, -0.1) is 0 Å². The van der Waals surface area contributed by atoms with Crippen LogP contribution in [0, 0.1) is 10.1 Å². The minimum absolute atomic E-state index is 0.0391. The maximum absolute atomic E-state index is 13.4. The number of nitrogens with zero attached hydrogens (tertiary/aromatic N) is 2. The van der Waals surface area contributed by atoms with Crippen LogP contribution in [0.1, 0.15) is 31.8 Å². The van der Waals surface area contributed by atoms with Crippen LogP contribution in [0.2, 0.25) is 0 Å². The van der Waals surface area contributed by atoms with E-state index in [1.54, 1.807) is 4.90 Å². The molecule has 7 heteroatoms. The van der Waals surface area contributed by atoms with E-state index >= 15 is 0 Å². The Bertz CT molecular complexity index is 1070. The third kappa shape index (κ3) is 5.76. The van der Waals surface area contributed by atoms with E-state index in [0.29, 0.717) is 19.5 Å². The van der Waals surface area contributed by atoms with E-state index < -0.39 is 16.8 Å². The Morgan fingerprint density at radius 2 is 1.48 bits per heavy atom. The fraction of sp³-hybridized carbons (Fsp3) is 0.167. The van der Waals surface area contributed by atoms with Gasteiger partial charge in [-0.05, 0) is 23.6 Å². The lowest BCUT2D eigenvalue weighted by Crippen LogP contribution is -2.32. The fourth-order valence-electron chi connectivity index (χ4n) is 3.22. The monoisotopic (exact) mass is 418 g/mol. The Kier molecular flexibility index (Phi) is 7.11. The number of esters is 1. The number of hydrogen-bond acceptors (Lipinski definition) is 5. The van der Waals surface area contributed by atoms with Crippen LogP contribution >= 0.6 is 0 Å². The van der Waals surface area contributed by atoms with E-state index in [9.17, 15) is 19.7 Å². The van der Waals surface area contributed by atoms with Crippen LogP contribution in [0.4, 0.5) is 5.69 Å². The molecule has 1 amide bonds. The number of benzene rings is 3. The quantitative estimate of drug-likeness (QED) is 0.310. The van der Waals surface area contributed by atoms with Crippen molar-refractivity contribution in [2.24, 2.45) is 0 Å². The number of carbonyl (C=O) groups excluding carboxylic acids is 2. The summed E-state index contributed by atoms with van der Waals surface area (Å²) in [6.07, 6.45) is 0.623. The highest BCUT2D eigenvalue weighted by atomic mass is 16.6. The molecular weight excluding hydrogens is 396 g/mol. The lowest BCUT2D eigenvalue weighted by atomic mass is 10.1. The second-order valence-corrected chi connectivity index (χ2v) is 6.97. The number of rotatable bonds is 8. The van der Waals surface area contributed by atoms with Crippen molar-refractivity contribution in [3.8, 4) is 0 Å². The highest BCUT2D eigenvalue weighted by molar-refractivity contribution is 5.99. The van der Waals surface area contributed by atoms with Crippen molar-refractivity contribution in [2.75, 3.05) is 13.7 Å². The molecular formula is C24H22N2O5. The molecule has 0 atom stereocenters. The molecule has 0 aliphatic carbocycles. The number of carbonyl (C=O) groups is 2. The van der Waals surface area contributed by atoms with Crippen LogP contribution in [-0.4, -0.2) is 35.4 Å². The van der Waals surface area contributed by atoms with Gasteiger partial charge in [-0.1, -0.05) is 60.7 Å². The van der Waals surface area contributed by atoms with Crippen molar-refractivity contribution in [3.63, 3.8) is 0 Å². The van der Waals surface area contributed by atoms with Gasteiger partial charge in [0.15, 0.2) is 0 Å². The number of non-ortho nitro benzene ring substituents is 1. The van der Waals surface area contributed by atoms with Gasteiger partial charge in [-0.2, -0.15) is 0 Å². The maximum atomic E-state index is 13.4. The molecule has 0 radical (unpaired) electrons. The number of amides is 1. The summed E-state index contributed by atoms with van der Waals surface area (Å²) in [5.41, 5.74) is 1.69. The minimum atomic E-state index is -0.739. The molecule has 0 heterocycles. The largest absolute Gasteiger partial charge is 0.465 e. The molecule has 0 aliphatic rings. The third-order valence-electron chi connectivity index (χ3n) is 4.81. The van der Waals surface area contributed by atoms with Crippen molar-refractivity contribution < 1.29 is 19.2 Å². The molecule has 7 nitrogen and oxygen atoms in total. The van der Waals surface area contributed by atoms with Crippen LogP contribution in [0.15, 0.2) is 78.9 Å². The van der Waals surface area contributed by atoms with E-state index in [-0.39, 0.29) is 16.8 Å². The van der Waals surface area contributed by atoms with Crippen molar-refractivity contribution in [2.45, 2.75) is 13.0 Å². The molecule has 0 bridgehead atoms. The molecule has 0 aliphatic heterocycles. The molecule has 3 aromatic rings. The number of methoxy groups -OCH3 is 1. The van der Waals surface area contributed by atoms with Crippen molar-refractivity contribution in [3.05, 3.63) is 111 Å². The summed E-state index contributed by atoms with van der Waals surface area (Å²) in [4.78, 5) is 37.7. The molecule has 0 spiro atoms. The van der Waals surface area contributed by atoms with E-state index in [1.807, 2.05) is 60.7 Å². The molecule has 0 fully saturated rings. The standard InChI is InChI=1S/C24H22N2O5/c1-31-24(28)21-14-20(15-22(16-21)26(29)30)23(27)25(17-19-10-6-3-7-11-19)13-12-18-8-4-2-5-9-18/h2-11,14-16H,12-13,17H2,1H3. The topological polar surface area (TPSA) is 89.8 Å². The average Bonchev–Trinajstić information content (AvgIpc) is 2.81. The number of nitro groups is 1. The first-order valence-electron chi connectivity index (χ1n) is 9.73. The van der Waals surface area contributed by atoms with E-state index in [2.05, 4.69) is 4.74 Å². The van der Waals surface area contributed by atoms with Crippen LogP contribution in [0.25, 0.3) is 0 Å². The average molecular weight is 418 g/mol. The molecule has 158 valence electrons. The first kappa shape index (κ1) is 21.7. The zero-order chi connectivity index (χ0) is 22.2. The van der Waals surface area contributed by atoms with Gasteiger partial charge in [0.05, 0.1) is 17.6 Å². The molecule has 0 saturated heterocycles. The van der Waals surface area contributed by atoms with Gasteiger partial charge >= 0.3 is 5.97 Å². The maximum Gasteiger partial charge on any atom is 0.338 e. The molecule has 0 aromatic heterocycles. The van der Waals surface area contributed by atoms with Gasteiger partial charge in [-0.3, -0.25) is 14.9 Å². The predicted octanol–water partition coefficient (Wildman–Crippen LogP) is 4.27. The van der Waals surface area contributed by atoms with Gasteiger partial charge in [0.1, 0.15) is 0 Å². The Hall–Kier alpha value is -4.00. The summed E-state index contributed by atoms with van der Waals surface area (Å²) in [6, 6.07) is 22.9. The summed E-state index contributed by atoms with van der Waals surface area (Å²) >= 11 is 0.